The van der Waals surface area contributed by atoms with Gasteiger partial charge in [0.05, 0.1) is 22.6 Å². The lowest BCUT2D eigenvalue weighted by molar-refractivity contribution is 0.0748. The second kappa shape index (κ2) is 11.3. The molecule has 1 aliphatic rings. The molecule has 1 aliphatic carbocycles. The fourth-order valence-electron chi connectivity index (χ4n) is 5.22. The number of ether oxygens (including phenoxy) is 1. The first kappa shape index (κ1) is 27.7. The van der Waals surface area contributed by atoms with Gasteiger partial charge in [0.1, 0.15) is 21.8 Å². The highest BCUT2D eigenvalue weighted by Gasteiger charge is 2.27. The predicted molar refractivity (Wildman–Crippen MR) is 156 cm³/mol. The van der Waals surface area contributed by atoms with Gasteiger partial charge >= 0.3 is 0 Å². The lowest BCUT2D eigenvalue weighted by Crippen LogP contribution is -2.33. The van der Waals surface area contributed by atoms with Crippen molar-refractivity contribution >= 4 is 44.8 Å². The van der Waals surface area contributed by atoms with E-state index in [0.717, 1.165) is 41.7 Å². The molecule has 10 nitrogen and oxygen atoms in total. The van der Waals surface area contributed by atoms with E-state index < -0.39 is 5.91 Å². The topological polar surface area (TPSA) is 131 Å². The number of anilines is 1. The molecule has 0 saturated heterocycles. The molecule has 0 saturated carbocycles. The summed E-state index contributed by atoms with van der Waals surface area (Å²) in [5, 5.41) is 15.3. The molecule has 0 unspecified atom stereocenters. The van der Waals surface area contributed by atoms with Crippen molar-refractivity contribution < 1.29 is 14.3 Å². The number of carbonyl (C=O) groups excluding carboxylic acids is 2. The molecule has 0 atom stereocenters. The summed E-state index contributed by atoms with van der Waals surface area (Å²) in [5.41, 5.74) is 2.83. The van der Waals surface area contributed by atoms with Gasteiger partial charge < -0.3 is 19.9 Å². The first-order valence-electron chi connectivity index (χ1n) is 13.6. The highest BCUT2D eigenvalue weighted by Crippen LogP contribution is 2.38. The minimum absolute atomic E-state index is 0.0398. The first-order valence-corrected chi connectivity index (χ1v) is 14.4. The number of hydrogen-bond acceptors (Lipinski definition) is 7. The molecule has 0 radical (unpaired) electrons. The predicted octanol–water partition coefficient (Wildman–Crippen LogP) is 3.80. The summed E-state index contributed by atoms with van der Waals surface area (Å²) >= 11 is 1.41. The van der Waals surface area contributed by atoms with Gasteiger partial charge in [-0.05, 0) is 76.1 Å². The molecule has 0 bridgehead atoms. The van der Waals surface area contributed by atoms with Gasteiger partial charge in [-0.1, -0.05) is 6.07 Å². The number of pyridine rings is 2. The van der Waals surface area contributed by atoms with Crippen molar-refractivity contribution in [2.45, 2.75) is 65.5 Å². The maximum atomic E-state index is 13.7. The van der Waals surface area contributed by atoms with Crippen molar-refractivity contribution in [2.24, 2.45) is 0 Å². The summed E-state index contributed by atoms with van der Waals surface area (Å²) in [4.78, 5) is 46.0. The molecule has 11 heteroatoms. The molecule has 2 amide bonds. The van der Waals surface area contributed by atoms with Crippen LogP contribution < -0.4 is 21.7 Å². The Labute approximate surface area is 235 Å². The van der Waals surface area contributed by atoms with Gasteiger partial charge in [-0.15, -0.1) is 11.3 Å². The van der Waals surface area contributed by atoms with Crippen LogP contribution in [0.5, 0.6) is 0 Å². The molecule has 210 valence electrons. The van der Waals surface area contributed by atoms with Gasteiger partial charge in [-0.2, -0.15) is 0 Å². The molecule has 0 spiro atoms. The fraction of sp³-hybridized carbons (Fsp3) is 0.414. The molecule has 40 heavy (non-hydrogen) atoms. The van der Waals surface area contributed by atoms with Crippen molar-refractivity contribution in [3.05, 3.63) is 67.4 Å². The van der Waals surface area contributed by atoms with E-state index in [9.17, 15) is 14.4 Å². The SMILES string of the molecule is CNC(=O)c1c(NC(=O)c2cc3c(=O)n4cccc(C)c4nc3n(CCCOC(C)C)c2=N)sc2c1CCCC2. The van der Waals surface area contributed by atoms with E-state index in [-0.39, 0.29) is 34.0 Å². The monoisotopic (exact) mass is 562 g/mol. The van der Waals surface area contributed by atoms with Crippen molar-refractivity contribution in [1.29, 1.82) is 5.41 Å². The number of carbonyl (C=O) groups is 2. The molecule has 5 rings (SSSR count). The third kappa shape index (κ3) is 5.06. The summed E-state index contributed by atoms with van der Waals surface area (Å²) in [6.45, 7) is 6.59. The Balaban J connectivity index is 1.63. The van der Waals surface area contributed by atoms with E-state index in [4.69, 9.17) is 15.1 Å². The zero-order chi connectivity index (χ0) is 28.6. The van der Waals surface area contributed by atoms with Crippen molar-refractivity contribution in [3.8, 4) is 0 Å². The average molecular weight is 563 g/mol. The van der Waals surface area contributed by atoms with Gasteiger partial charge in [0.15, 0.2) is 0 Å². The van der Waals surface area contributed by atoms with Gasteiger partial charge in [-0.25, -0.2) is 4.98 Å². The van der Waals surface area contributed by atoms with Crippen LogP contribution in [-0.2, 0) is 24.1 Å². The van der Waals surface area contributed by atoms with Gasteiger partial charge in [0.25, 0.3) is 17.4 Å². The smallest absolute Gasteiger partial charge is 0.267 e. The number of nitrogens with one attached hydrogen (secondary N) is 3. The summed E-state index contributed by atoms with van der Waals surface area (Å²) in [6.07, 6.45) is 5.98. The molecule has 4 heterocycles. The zero-order valence-electron chi connectivity index (χ0n) is 23.2. The highest BCUT2D eigenvalue weighted by molar-refractivity contribution is 7.17. The maximum Gasteiger partial charge on any atom is 0.267 e. The van der Waals surface area contributed by atoms with Gasteiger partial charge in [-0.3, -0.25) is 24.2 Å². The summed E-state index contributed by atoms with van der Waals surface area (Å²) < 4.78 is 8.77. The Morgan fingerprint density at radius 3 is 2.73 bits per heavy atom. The van der Waals surface area contributed by atoms with Crippen LogP contribution in [0.3, 0.4) is 0 Å². The van der Waals surface area contributed by atoms with Crippen LogP contribution >= 0.6 is 11.3 Å². The maximum absolute atomic E-state index is 13.7. The number of nitrogens with zero attached hydrogens (tertiary/aromatic N) is 3. The third-order valence-corrected chi connectivity index (χ3v) is 8.42. The minimum Gasteiger partial charge on any atom is -0.379 e. The normalized spacial score (nSPS) is 13.1. The van der Waals surface area contributed by atoms with E-state index in [1.165, 1.54) is 21.8 Å². The average Bonchev–Trinajstić information content (AvgIpc) is 3.29. The molecule has 0 fully saturated rings. The quantitative estimate of drug-likeness (QED) is 0.222. The standard InChI is InChI=1S/C29H34N6O4S/c1-16(2)39-14-8-13-34-23(30)19(15-20-25(34)32-24-17(3)9-7-12-35(24)29(20)38)26(36)33-28-22(27(37)31-4)18-10-5-6-11-21(18)40-28/h7,9,12,15-16,30H,5-6,8,10-11,13-14H2,1-4H3,(H,31,37)(H,33,36). The molecular formula is C29H34N6O4S. The number of aromatic nitrogens is 3. The molecular weight excluding hydrogens is 528 g/mol. The van der Waals surface area contributed by atoms with E-state index in [2.05, 4.69) is 10.6 Å². The Morgan fingerprint density at radius 2 is 1.98 bits per heavy atom. The summed E-state index contributed by atoms with van der Waals surface area (Å²) in [6, 6.07) is 5.10. The Kier molecular flexibility index (Phi) is 7.86. The number of amides is 2. The second-order valence-electron chi connectivity index (χ2n) is 10.3. The van der Waals surface area contributed by atoms with Gasteiger partial charge in [0.2, 0.25) is 0 Å². The van der Waals surface area contributed by atoms with Crippen molar-refractivity contribution in [1.82, 2.24) is 19.3 Å². The number of aryl methyl sites for hydroxylation is 3. The lowest BCUT2D eigenvalue weighted by Gasteiger charge is -2.16. The number of hydrogen-bond donors (Lipinski definition) is 3. The van der Waals surface area contributed by atoms with Crippen LogP contribution in [0.25, 0.3) is 16.7 Å². The number of fused-ring (bicyclic) bond motifs is 3. The van der Waals surface area contributed by atoms with E-state index in [1.807, 2.05) is 26.8 Å². The zero-order valence-corrected chi connectivity index (χ0v) is 24.0. The second-order valence-corrected chi connectivity index (χ2v) is 11.4. The summed E-state index contributed by atoms with van der Waals surface area (Å²) in [7, 11) is 1.57. The van der Waals surface area contributed by atoms with Crippen LogP contribution in [0.4, 0.5) is 5.00 Å². The molecule has 0 aromatic carbocycles. The molecule has 4 aromatic rings. The van der Waals surface area contributed by atoms with E-state index in [0.29, 0.717) is 41.4 Å². The Bertz CT molecular complexity index is 1750. The lowest BCUT2D eigenvalue weighted by atomic mass is 9.95. The fourth-order valence-corrected chi connectivity index (χ4v) is 6.50. The van der Waals surface area contributed by atoms with Crippen LogP contribution in [0.2, 0.25) is 0 Å². The van der Waals surface area contributed by atoms with Crippen LogP contribution in [0.1, 0.15) is 69.8 Å². The van der Waals surface area contributed by atoms with Crippen LogP contribution in [0, 0.1) is 12.3 Å². The largest absolute Gasteiger partial charge is 0.379 e. The minimum atomic E-state index is -0.545. The van der Waals surface area contributed by atoms with Crippen LogP contribution in [0.15, 0.2) is 29.2 Å². The third-order valence-electron chi connectivity index (χ3n) is 7.21. The Hall–Kier alpha value is -3.83. The first-order chi connectivity index (χ1) is 19.2. The molecule has 0 aliphatic heterocycles. The summed E-state index contributed by atoms with van der Waals surface area (Å²) in [5.74, 6) is -0.791. The van der Waals surface area contributed by atoms with Crippen molar-refractivity contribution in [2.75, 3.05) is 19.0 Å². The van der Waals surface area contributed by atoms with Crippen molar-refractivity contribution in [3.63, 3.8) is 0 Å². The van der Waals surface area contributed by atoms with Gasteiger partial charge in [0, 0.05) is 31.3 Å². The van der Waals surface area contributed by atoms with E-state index >= 15 is 0 Å². The highest BCUT2D eigenvalue weighted by atomic mass is 32.1. The molecule has 3 N–H and O–H groups in total. The van der Waals surface area contributed by atoms with E-state index in [1.54, 1.807) is 23.9 Å². The van der Waals surface area contributed by atoms with Crippen LogP contribution in [-0.4, -0.2) is 45.5 Å². The number of thiophene rings is 1. The number of rotatable bonds is 8. The Morgan fingerprint density at radius 1 is 1.20 bits per heavy atom. The molecule has 4 aromatic heterocycles.